The maximum absolute atomic E-state index is 13.4. The Morgan fingerprint density at radius 3 is 2.08 bits per heavy atom. The van der Waals surface area contributed by atoms with Crippen LogP contribution in [0.3, 0.4) is 0 Å². The number of hydrogen-bond acceptors (Lipinski definition) is 2. The zero-order chi connectivity index (χ0) is 18.7. The number of benzene rings is 1. The van der Waals surface area contributed by atoms with Crippen molar-refractivity contribution in [2.45, 2.75) is 52.5 Å². The normalized spacial score (nSPS) is 13.5. The van der Waals surface area contributed by atoms with Crippen molar-refractivity contribution in [1.29, 1.82) is 0 Å². The van der Waals surface area contributed by atoms with Crippen LogP contribution in [0.15, 0.2) is 48.1 Å². The fourth-order valence-corrected chi connectivity index (χ4v) is 5.20. The number of aryl methyl sites for hydroxylation is 3. The van der Waals surface area contributed by atoms with Gasteiger partial charge in [-0.05, 0) is 43.4 Å². The molecule has 1 atom stereocenters. The van der Waals surface area contributed by atoms with Crippen LogP contribution < -0.4 is 0 Å². The zero-order valence-corrected chi connectivity index (χ0v) is 16.5. The van der Waals surface area contributed by atoms with Crippen LogP contribution in [0.1, 0.15) is 37.5 Å². The van der Waals surface area contributed by atoms with Crippen molar-refractivity contribution in [3.8, 4) is 0 Å². The second-order valence-electron chi connectivity index (χ2n) is 7.27. The van der Waals surface area contributed by atoms with E-state index in [1.165, 1.54) is 4.31 Å². The van der Waals surface area contributed by atoms with Gasteiger partial charge in [-0.2, -0.15) is 4.31 Å². The third-order valence-electron chi connectivity index (χ3n) is 3.95. The fourth-order valence-electron chi connectivity index (χ4n) is 3.06. The summed E-state index contributed by atoms with van der Waals surface area (Å²) in [6.45, 7) is 19.3. The first kappa shape index (κ1) is 20.4. The highest BCUT2D eigenvalue weighted by Crippen LogP contribution is 2.32. The average molecular weight is 348 g/mol. The van der Waals surface area contributed by atoms with Crippen LogP contribution in [0.25, 0.3) is 0 Å². The second kappa shape index (κ2) is 7.52. The molecule has 0 saturated heterocycles. The summed E-state index contributed by atoms with van der Waals surface area (Å²) in [4.78, 5) is 0.377. The Bertz CT molecular complexity index is 740. The molecule has 3 nitrogen and oxygen atoms in total. The van der Waals surface area contributed by atoms with Gasteiger partial charge < -0.3 is 0 Å². The Balaban J connectivity index is 3.65. The van der Waals surface area contributed by atoms with E-state index in [9.17, 15) is 8.42 Å². The zero-order valence-electron chi connectivity index (χ0n) is 15.7. The van der Waals surface area contributed by atoms with Gasteiger partial charge in [0.25, 0.3) is 0 Å². The first-order chi connectivity index (χ1) is 11.0. The average Bonchev–Trinajstić information content (AvgIpc) is 2.39. The molecule has 0 aliphatic carbocycles. The summed E-state index contributed by atoms with van der Waals surface area (Å²) in [5.74, 6) is 0. The van der Waals surface area contributed by atoms with E-state index in [1.54, 1.807) is 12.2 Å². The highest BCUT2D eigenvalue weighted by molar-refractivity contribution is 7.89. The molecule has 132 valence electrons. The molecule has 1 rings (SSSR count). The van der Waals surface area contributed by atoms with Crippen molar-refractivity contribution >= 4 is 10.0 Å². The summed E-state index contributed by atoms with van der Waals surface area (Å²) < 4.78 is 28.4. The first-order valence-corrected chi connectivity index (χ1v) is 9.47. The Hall–Kier alpha value is -1.61. The van der Waals surface area contributed by atoms with E-state index in [0.29, 0.717) is 4.90 Å². The number of hydrogen-bond donors (Lipinski definition) is 0. The molecule has 1 aromatic rings. The van der Waals surface area contributed by atoms with Crippen LogP contribution in [0, 0.1) is 26.2 Å². The highest BCUT2D eigenvalue weighted by Gasteiger charge is 2.37. The van der Waals surface area contributed by atoms with Gasteiger partial charge in [-0.3, -0.25) is 0 Å². The molecule has 4 heteroatoms. The molecule has 0 N–H and O–H groups in total. The third kappa shape index (κ3) is 4.27. The second-order valence-corrected chi connectivity index (χ2v) is 9.10. The molecule has 0 radical (unpaired) electrons. The molecule has 0 bridgehead atoms. The van der Waals surface area contributed by atoms with Gasteiger partial charge in [0, 0.05) is 6.54 Å². The van der Waals surface area contributed by atoms with Crippen LogP contribution in [-0.4, -0.2) is 25.3 Å². The van der Waals surface area contributed by atoms with Crippen molar-refractivity contribution in [2.24, 2.45) is 5.41 Å². The Morgan fingerprint density at radius 2 is 1.71 bits per heavy atom. The molecule has 0 heterocycles. The van der Waals surface area contributed by atoms with E-state index in [4.69, 9.17) is 0 Å². The van der Waals surface area contributed by atoms with Crippen molar-refractivity contribution in [2.75, 3.05) is 6.54 Å². The SMILES string of the molecule is C=C=C[C@@H](N(CC=C)S(=O)(=O)c1c(C)cc(C)cc1C)C(C)(C)C. The Labute approximate surface area is 147 Å². The molecule has 1 aromatic carbocycles. The smallest absolute Gasteiger partial charge is 0.207 e. The highest BCUT2D eigenvalue weighted by atomic mass is 32.2. The quantitative estimate of drug-likeness (QED) is 0.559. The molecular formula is C20H29NO2S. The van der Waals surface area contributed by atoms with E-state index in [2.05, 4.69) is 18.9 Å². The van der Waals surface area contributed by atoms with E-state index in [1.807, 2.05) is 53.7 Å². The molecule has 0 unspecified atom stereocenters. The van der Waals surface area contributed by atoms with Crippen molar-refractivity contribution < 1.29 is 8.42 Å². The molecule has 24 heavy (non-hydrogen) atoms. The summed E-state index contributed by atoms with van der Waals surface area (Å²) in [5.41, 5.74) is 5.04. The van der Waals surface area contributed by atoms with Crippen LogP contribution in [0.2, 0.25) is 0 Å². The van der Waals surface area contributed by atoms with Crippen molar-refractivity contribution in [1.82, 2.24) is 4.31 Å². The summed E-state index contributed by atoms with van der Waals surface area (Å²) in [5, 5.41) is 0. The maximum Gasteiger partial charge on any atom is 0.244 e. The van der Waals surface area contributed by atoms with Gasteiger partial charge in [-0.25, -0.2) is 8.42 Å². The number of sulfonamides is 1. The van der Waals surface area contributed by atoms with Crippen LogP contribution in [0.4, 0.5) is 0 Å². The first-order valence-electron chi connectivity index (χ1n) is 8.03. The Morgan fingerprint density at radius 1 is 1.21 bits per heavy atom. The number of rotatable bonds is 6. The lowest BCUT2D eigenvalue weighted by molar-refractivity contribution is 0.229. The summed E-state index contributed by atoms with van der Waals surface area (Å²) in [7, 11) is -3.68. The fraction of sp³-hybridized carbons (Fsp3) is 0.450. The van der Waals surface area contributed by atoms with Crippen LogP contribution in [0.5, 0.6) is 0 Å². The van der Waals surface area contributed by atoms with Gasteiger partial charge in [0.15, 0.2) is 0 Å². The summed E-state index contributed by atoms with van der Waals surface area (Å²) >= 11 is 0. The predicted molar refractivity (Wildman–Crippen MR) is 102 cm³/mol. The minimum atomic E-state index is -3.68. The van der Waals surface area contributed by atoms with Gasteiger partial charge in [-0.15, -0.1) is 12.3 Å². The maximum atomic E-state index is 13.4. The lowest BCUT2D eigenvalue weighted by Crippen LogP contribution is -2.46. The van der Waals surface area contributed by atoms with Crippen LogP contribution in [-0.2, 0) is 10.0 Å². The lowest BCUT2D eigenvalue weighted by Gasteiger charge is -2.37. The monoisotopic (exact) mass is 347 g/mol. The van der Waals surface area contributed by atoms with E-state index >= 15 is 0 Å². The van der Waals surface area contributed by atoms with Crippen LogP contribution >= 0.6 is 0 Å². The predicted octanol–water partition coefficient (Wildman–Crippen LogP) is 4.54. The Kier molecular flexibility index (Phi) is 6.40. The van der Waals surface area contributed by atoms with Gasteiger partial charge >= 0.3 is 0 Å². The van der Waals surface area contributed by atoms with Gasteiger partial charge in [0.1, 0.15) is 0 Å². The molecule has 0 aliphatic rings. The minimum absolute atomic E-state index is 0.231. The van der Waals surface area contributed by atoms with Gasteiger partial charge in [0.2, 0.25) is 10.0 Å². The third-order valence-corrected chi connectivity index (χ3v) is 6.11. The topological polar surface area (TPSA) is 37.4 Å². The molecule has 0 aromatic heterocycles. The lowest BCUT2D eigenvalue weighted by atomic mass is 9.86. The van der Waals surface area contributed by atoms with Gasteiger partial charge in [-0.1, -0.05) is 51.1 Å². The van der Waals surface area contributed by atoms with E-state index < -0.39 is 10.0 Å². The summed E-state index contributed by atoms with van der Waals surface area (Å²) in [6.07, 6.45) is 3.34. The molecule has 0 aliphatic heterocycles. The van der Waals surface area contributed by atoms with Crippen molar-refractivity contribution in [3.63, 3.8) is 0 Å². The molecule has 0 fully saturated rings. The standard InChI is InChI=1S/C20H29NO2S/c1-9-11-18(20(6,7)8)21(12-10-2)24(22,23)19-16(4)13-15(3)14-17(19)5/h10-11,13-14,18H,1-2,12H2,3-8H3/t18-/m1/s1. The molecule has 0 amide bonds. The van der Waals surface area contributed by atoms with Crippen molar-refractivity contribution in [3.05, 3.63) is 59.9 Å². The largest absolute Gasteiger partial charge is 0.244 e. The van der Waals surface area contributed by atoms with Gasteiger partial charge in [0.05, 0.1) is 10.9 Å². The minimum Gasteiger partial charge on any atom is -0.207 e. The molecule has 0 saturated carbocycles. The van der Waals surface area contributed by atoms with E-state index in [-0.39, 0.29) is 18.0 Å². The molecular weight excluding hydrogens is 318 g/mol. The van der Waals surface area contributed by atoms with E-state index in [0.717, 1.165) is 16.7 Å². The number of nitrogens with zero attached hydrogens (tertiary/aromatic N) is 1. The molecule has 0 spiro atoms. The summed E-state index contributed by atoms with van der Waals surface area (Å²) in [6, 6.07) is 3.45.